The number of hydrogen-bond donors (Lipinski definition) is 0. The lowest BCUT2D eigenvalue weighted by molar-refractivity contribution is 0.0535. The van der Waals surface area contributed by atoms with E-state index in [4.69, 9.17) is 16.3 Å². The maximum absolute atomic E-state index is 14.9. The average molecular weight is 532 g/mol. The molecule has 2 amide bonds. The Morgan fingerprint density at radius 2 is 1.45 bits per heavy atom. The topological polar surface area (TPSA) is 54.8 Å². The van der Waals surface area contributed by atoms with Crippen LogP contribution in [-0.4, -0.2) is 59.5 Å². The number of carbonyl (C=O) groups is 2. The van der Waals surface area contributed by atoms with Gasteiger partial charge in [-0.3, -0.25) is 9.59 Å². The van der Waals surface area contributed by atoms with Crippen molar-refractivity contribution in [1.29, 1.82) is 0 Å². The molecule has 1 aromatic heterocycles. The van der Waals surface area contributed by atoms with E-state index in [1.165, 1.54) is 6.07 Å². The van der Waals surface area contributed by atoms with Crippen molar-refractivity contribution in [2.24, 2.45) is 0 Å². The molecule has 0 unspecified atom stereocenters. The van der Waals surface area contributed by atoms with E-state index in [1.54, 1.807) is 76.1 Å². The SMILES string of the molecule is COc1ccc(C(=O)N2CCN(C(=O)c3cc(-c4ccc(Cl)cc4)n(-c4ccccc4F)c3C)CC2)cc1. The molecule has 0 N–H and O–H groups in total. The van der Waals surface area contributed by atoms with Crippen LogP contribution >= 0.6 is 11.6 Å². The largest absolute Gasteiger partial charge is 0.497 e. The fraction of sp³-hybridized carbons (Fsp3) is 0.200. The van der Waals surface area contributed by atoms with Gasteiger partial charge >= 0.3 is 0 Å². The van der Waals surface area contributed by atoms with Crippen molar-refractivity contribution in [3.05, 3.63) is 107 Å². The summed E-state index contributed by atoms with van der Waals surface area (Å²) in [5, 5.41) is 0.591. The van der Waals surface area contributed by atoms with Crippen LogP contribution in [0.15, 0.2) is 78.9 Å². The lowest BCUT2D eigenvalue weighted by Gasteiger charge is -2.35. The number of aromatic nitrogens is 1. The molecule has 2 heterocycles. The van der Waals surface area contributed by atoms with Gasteiger partial charge in [0.1, 0.15) is 11.6 Å². The Hall–Kier alpha value is -4.10. The quantitative estimate of drug-likeness (QED) is 0.324. The zero-order valence-electron chi connectivity index (χ0n) is 21.2. The monoisotopic (exact) mass is 531 g/mol. The van der Waals surface area contributed by atoms with Gasteiger partial charge in [0.2, 0.25) is 0 Å². The zero-order chi connectivity index (χ0) is 26.8. The molecule has 0 radical (unpaired) electrons. The Bertz CT molecular complexity index is 1470. The van der Waals surface area contributed by atoms with Gasteiger partial charge in [0.15, 0.2) is 0 Å². The van der Waals surface area contributed by atoms with E-state index >= 15 is 0 Å². The number of halogens is 2. The van der Waals surface area contributed by atoms with Crippen LogP contribution in [0.1, 0.15) is 26.4 Å². The second-order valence-electron chi connectivity index (χ2n) is 9.14. The van der Waals surface area contributed by atoms with Crippen molar-refractivity contribution in [3.63, 3.8) is 0 Å². The molecule has 38 heavy (non-hydrogen) atoms. The number of methoxy groups -OCH3 is 1. The summed E-state index contributed by atoms with van der Waals surface area (Å²) in [6.07, 6.45) is 0. The van der Waals surface area contributed by atoms with Gasteiger partial charge in [-0.25, -0.2) is 4.39 Å². The molecule has 3 aromatic carbocycles. The van der Waals surface area contributed by atoms with E-state index in [0.29, 0.717) is 65.2 Å². The maximum atomic E-state index is 14.9. The summed E-state index contributed by atoms with van der Waals surface area (Å²) in [6, 6.07) is 22.6. The van der Waals surface area contributed by atoms with E-state index in [9.17, 15) is 14.0 Å². The van der Waals surface area contributed by atoms with Crippen LogP contribution in [0.5, 0.6) is 5.75 Å². The Kier molecular flexibility index (Phi) is 7.20. The molecular weight excluding hydrogens is 505 g/mol. The number of nitrogens with zero attached hydrogens (tertiary/aromatic N) is 3. The van der Waals surface area contributed by atoms with Crippen molar-refractivity contribution in [2.45, 2.75) is 6.92 Å². The molecule has 1 fully saturated rings. The van der Waals surface area contributed by atoms with Crippen LogP contribution in [0.3, 0.4) is 0 Å². The van der Waals surface area contributed by atoms with Crippen LogP contribution < -0.4 is 4.74 Å². The molecule has 0 atom stereocenters. The standard InChI is InChI=1S/C30H27ClFN3O3/c1-20-25(19-28(21-7-11-23(31)12-8-21)35(20)27-6-4-3-5-26(27)32)30(37)34-17-15-33(16-18-34)29(36)22-9-13-24(38-2)14-10-22/h3-14,19H,15-18H2,1-2H3. The molecule has 1 aliphatic heterocycles. The third-order valence-corrected chi connectivity index (χ3v) is 7.15. The summed E-state index contributed by atoms with van der Waals surface area (Å²) in [5.41, 5.74) is 3.59. The number of hydrogen-bond acceptors (Lipinski definition) is 3. The van der Waals surface area contributed by atoms with Gasteiger partial charge in [-0.1, -0.05) is 35.9 Å². The van der Waals surface area contributed by atoms with E-state index in [1.807, 2.05) is 25.1 Å². The minimum Gasteiger partial charge on any atom is -0.497 e. The van der Waals surface area contributed by atoms with Crippen molar-refractivity contribution in [1.82, 2.24) is 14.4 Å². The summed E-state index contributed by atoms with van der Waals surface area (Å²) in [5.74, 6) is 0.0784. The van der Waals surface area contributed by atoms with Gasteiger partial charge in [-0.2, -0.15) is 0 Å². The first kappa shape index (κ1) is 25.5. The molecule has 6 nitrogen and oxygen atoms in total. The number of amides is 2. The summed E-state index contributed by atoms with van der Waals surface area (Å²) in [6.45, 7) is 3.48. The fourth-order valence-corrected chi connectivity index (χ4v) is 4.93. The Labute approximate surface area is 225 Å². The van der Waals surface area contributed by atoms with Crippen molar-refractivity contribution >= 4 is 23.4 Å². The van der Waals surface area contributed by atoms with Crippen LogP contribution in [0.4, 0.5) is 4.39 Å². The van der Waals surface area contributed by atoms with Gasteiger partial charge in [0.25, 0.3) is 11.8 Å². The lowest BCUT2D eigenvalue weighted by Crippen LogP contribution is -2.50. The van der Waals surface area contributed by atoms with Gasteiger partial charge in [-0.15, -0.1) is 0 Å². The predicted octanol–water partition coefficient (Wildman–Crippen LogP) is 5.85. The van der Waals surface area contributed by atoms with Crippen molar-refractivity contribution in [3.8, 4) is 22.7 Å². The Balaban J connectivity index is 1.40. The molecule has 0 saturated carbocycles. The van der Waals surface area contributed by atoms with Gasteiger partial charge in [-0.05, 0) is 67.1 Å². The van der Waals surface area contributed by atoms with Crippen molar-refractivity contribution in [2.75, 3.05) is 33.3 Å². The van der Waals surface area contributed by atoms with Gasteiger partial charge in [0, 0.05) is 42.5 Å². The highest BCUT2D eigenvalue weighted by molar-refractivity contribution is 6.30. The first-order valence-corrected chi connectivity index (χ1v) is 12.7. The van der Waals surface area contributed by atoms with E-state index < -0.39 is 0 Å². The van der Waals surface area contributed by atoms with Crippen LogP contribution in [-0.2, 0) is 0 Å². The first-order chi connectivity index (χ1) is 18.4. The number of ether oxygens (including phenoxy) is 1. The molecule has 4 aromatic rings. The van der Waals surface area contributed by atoms with E-state index in [0.717, 1.165) is 5.56 Å². The molecule has 194 valence electrons. The van der Waals surface area contributed by atoms with E-state index in [-0.39, 0.29) is 17.6 Å². The molecule has 0 aliphatic carbocycles. The summed E-state index contributed by atoms with van der Waals surface area (Å²) < 4.78 is 21.8. The third-order valence-electron chi connectivity index (χ3n) is 6.90. The minimum absolute atomic E-state index is 0.0772. The zero-order valence-corrected chi connectivity index (χ0v) is 21.9. The van der Waals surface area contributed by atoms with Crippen molar-refractivity contribution < 1.29 is 18.7 Å². The summed E-state index contributed by atoms with van der Waals surface area (Å²) in [4.78, 5) is 30.1. The number of para-hydroxylation sites is 1. The number of rotatable bonds is 5. The lowest BCUT2D eigenvalue weighted by atomic mass is 10.1. The Morgan fingerprint density at radius 1 is 0.842 bits per heavy atom. The second-order valence-corrected chi connectivity index (χ2v) is 9.57. The first-order valence-electron chi connectivity index (χ1n) is 12.3. The van der Waals surface area contributed by atoms with E-state index in [2.05, 4.69) is 0 Å². The minimum atomic E-state index is -0.383. The molecule has 0 spiro atoms. The molecule has 1 saturated heterocycles. The maximum Gasteiger partial charge on any atom is 0.255 e. The molecule has 0 bridgehead atoms. The average Bonchev–Trinajstić information content (AvgIpc) is 3.29. The molecular formula is C30H27ClFN3O3. The third kappa shape index (κ3) is 4.89. The number of benzene rings is 3. The molecule has 8 heteroatoms. The van der Waals surface area contributed by atoms with Crippen LogP contribution in [0.2, 0.25) is 5.02 Å². The Morgan fingerprint density at radius 3 is 2.05 bits per heavy atom. The normalized spacial score (nSPS) is 13.5. The summed E-state index contributed by atoms with van der Waals surface area (Å²) >= 11 is 6.10. The predicted molar refractivity (Wildman–Crippen MR) is 146 cm³/mol. The highest BCUT2D eigenvalue weighted by atomic mass is 35.5. The van der Waals surface area contributed by atoms with Crippen LogP contribution in [0.25, 0.3) is 16.9 Å². The number of carbonyl (C=O) groups excluding carboxylic acids is 2. The smallest absolute Gasteiger partial charge is 0.255 e. The molecule has 5 rings (SSSR count). The second kappa shape index (κ2) is 10.7. The fourth-order valence-electron chi connectivity index (χ4n) is 4.80. The van der Waals surface area contributed by atoms with Gasteiger partial charge < -0.3 is 19.1 Å². The van der Waals surface area contributed by atoms with Crippen LogP contribution in [0, 0.1) is 12.7 Å². The number of piperazine rings is 1. The highest BCUT2D eigenvalue weighted by Gasteiger charge is 2.29. The molecule has 1 aliphatic rings. The summed E-state index contributed by atoms with van der Waals surface area (Å²) in [7, 11) is 1.58. The van der Waals surface area contributed by atoms with Gasteiger partial charge in [0.05, 0.1) is 24.1 Å². The highest BCUT2D eigenvalue weighted by Crippen LogP contribution is 2.32.